The predicted octanol–water partition coefficient (Wildman–Crippen LogP) is 3.53. The summed E-state index contributed by atoms with van der Waals surface area (Å²) in [6.07, 6.45) is -2.31. The molecule has 1 N–H and O–H groups in total. The Balaban J connectivity index is 2.11. The molecule has 1 aromatic heterocycles. The van der Waals surface area contributed by atoms with E-state index < -0.39 is 27.6 Å². The zero-order valence-electron chi connectivity index (χ0n) is 13.7. The Hall–Kier alpha value is -2.95. The second-order valence-corrected chi connectivity index (χ2v) is 7.24. The number of rotatable bonds is 4. The standard InChI is InChI=1S/C16H12F4N4O2S/c1-10-6-12(17)3-5-15(10)27(25,26)23-13-7-11(16(18,19)20)2-4-14(13)24-9-21-8-22-24/h2-9,23H,1H3. The number of halogens is 4. The fourth-order valence-corrected chi connectivity index (χ4v) is 3.73. The Bertz CT molecular complexity index is 1080. The van der Waals surface area contributed by atoms with Crippen LogP contribution >= 0.6 is 0 Å². The molecular weight excluding hydrogens is 388 g/mol. The van der Waals surface area contributed by atoms with E-state index in [-0.39, 0.29) is 21.8 Å². The third-order valence-corrected chi connectivity index (χ3v) is 5.19. The van der Waals surface area contributed by atoms with Crippen LogP contribution in [0.1, 0.15) is 11.1 Å². The van der Waals surface area contributed by atoms with Crippen molar-refractivity contribution in [3.8, 4) is 5.69 Å². The second kappa shape index (κ2) is 6.65. The van der Waals surface area contributed by atoms with Crippen molar-refractivity contribution in [1.82, 2.24) is 14.8 Å². The molecule has 3 rings (SSSR count). The Morgan fingerprint density at radius 2 is 1.85 bits per heavy atom. The van der Waals surface area contributed by atoms with Crippen LogP contribution in [-0.4, -0.2) is 23.2 Å². The highest BCUT2D eigenvalue weighted by molar-refractivity contribution is 7.92. The summed E-state index contributed by atoms with van der Waals surface area (Å²) in [4.78, 5) is 3.44. The predicted molar refractivity (Wildman–Crippen MR) is 88.3 cm³/mol. The lowest BCUT2D eigenvalue weighted by Crippen LogP contribution is -2.17. The molecule has 3 aromatic rings. The fraction of sp³-hybridized carbons (Fsp3) is 0.125. The summed E-state index contributed by atoms with van der Waals surface area (Å²) < 4.78 is 81.0. The smallest absolute Gasteiger partial charge is 0.277 e. The van der Waals surface area contributed by atoms with Crippen LogP contribution < -0.4 is 4.72 Å². The van der Waals surface area contributed by atoms with Crippen molar-refractivity contribution >= 4 is 15.7 Å². The van der Waals surface area contributed by atoms with E-state index in [1.165, 1.54) is 13.3 Å². The van der Waals surface area contributed by atoms with Gasteiger partial charge in [0, 0.05) is 0 Å². The van der Waals surface area contributed by atoms with E-state index in [2.05, 4.69) is 14.8 Å². The summed E-state index contributed by atoms with van der Waals surface area (Å²) in [5.74, 6) is -0.631. The van der Waals surface area contributed by atoms with Crippen molar-refractivity contribution in [2.24, 2.45) is 0 Å². The van der Waals surface area contributed by atoms with E-state index in [0.717, 1.165) is 41.3 Å². The van der Waals surface area contributed by atoms with E-state index in [9.17, 15) is 26.0 Å². The van der Waals surface area contributed by atoms with Gasteiger partial charge in [0.05, 0.1) is 21.8 Å². The molecule has 142 valence electrons. The minimum atomic E-state index is -4.67. The number of alkyl halides is 3. The van der Waals surface area contributed by atoms with E-state index in [4.69, 9.17) is 0 Å². The summed E-state index contributed by atoms with van der Waals surface area (Å²) in [6, 6.07) is 5.54. The van der Waals surface area contributed by atoms with E-state index in [1.807, 2.05) is 0 Å². The van der Waals surface area contributed by atoms with Gasteiger partial charge < -0.3 is 0 Å². The molecule has 0 fully saturated rings. The third-order valence-electron chi connectivity index (χ3n) is 3.66. The average Bonchev–Trinajstić information content (AvgIpc) is 3.07. The van der Waals surface area contributed by atoms with Gasteiger partial charge in [-0.25, -0.2) is 22.5 Å². The molecule has 0 saturated heterocycles. The first-order valence-electron chi connectivity index (χ1n) is 7.43. The van der Waals surface area contributed by atoms with Crippen molar-refractivity contribution in [2.45, 2.75) is 18.0 Å². The van der Waals surface area contributed by atoms with Gasteiger partial charge in [-0.1, -0.05) is 0 Å². The van der Waals surface area contributed by atoms with E-state index in [1.54, 1.807) is 0 Å². The van der Waals surface area contributed by atoms with Crippen LogP contribution in [0.5, 0.6) is 0 Å². The van der Waals surface area contributed by atoms with Crippen LogP contribution in [-0.2, 0) is 16.2 Å². The Kier molecular flexibility index (Phi) is 4.64. The first-order chi connectivity index (χ1) is 12.6. The summed E-state index contributed by atoms with van der Waals surface area (Å²) in [6.45, 7) is 1.38. The Labute approximate surface area is 151 Å². The van der Waals surface area contributed by atoms with Crippen molar-refractivity contribution in [3.05, 3.63) is 66.0 Å². The van der Waals surface area contributed by atoms with Gasteiger partial charge in [0.25, 0.3) is 10.0 Å². The van der Waals surface area contributed by atoms with Crippen LogP contribution in [0.15, 0.2) is 53.9 Å². The van der Waals surface area contributed by atoms with Gasteiger partial charge >= 0.3 is 6.18 Å². The van der Waals surface area contributed by atoms with Gasteiger partial charge in [0.15, 0.2) is 0 Å². The molecule has 0 bridgehead atoms. The van der Waals surface area contributed by atoms with Crippen LogP contribution in [0.4, 0.5) is 23.2 Å². The number of nitrogens with zero attached hydrogens (tertiary/aromatic N) is 3. The van der Waals surface area contributed by atoms with Crippen molar-refractivity contribution in [2.75, 3.05) is 4.72 Å². The summed E-state index contributed by atoms with van der Waals surface area (Å²) in [5, 5.41) is 3.81. The molecule has 0 aliphatic carbocycles. The molecule has 0 aliphatic rings. The monoisotopic (exact) mass is 400 g/mol. The van der Waals surface area contributed by atoms with Crippen LogP contribution in [0.2, 0.25) is 0 Å². The molecule has 6 nitrogen and oxygen atoms in total. The minimum absolute atomic E-state index is 0.0452. The summed E-state index contributed by atoms with van der Waals surface area (Å²) >= 11 is 0. The van der Waals surface area contributed by atoms with Crippen molar-refractivity contribution < 1.29 is 26.0 Å². The maximum atomic E-state index is 13.2. The van der Waals surface area contributed by atoms with Gasteiger partial charge in [-0.15, -0.1) is 0 Å². The lowest BCUT2D eigenvalue weighted by atomic mass is 10.1. The normalized spacial score (nSPS) is 12.2. The topological polar surface area (TPSA) is 76.9 Å². The highest BCUT2D eigenvalue weighted by Crippen LogP contribution is 2.34. The third kappa shape index (κ3) is 3.92. The lowest BCUT2D eigenvalue weighted by molar-refractivity contribution is -0.137. The molecule has 27 heavy (non-hydrogen) atoms. The van der Waals surface area contributed by atoms with Crippen molar-refractivity contribution in [1.29, 1.82) is 0 Å². The number of sulfonamides is 1. The maximum Gasteiger partial charge on any atom is 0.416 e. The van der Waals surface area contributed by atoms with Gasteiger partial charge in [0.2, 0.25) is 0 Å². The van der Waals surface area contributed by atoms with Gasteiger partial charge in [-0.05, 0) is 48.9 Å². The van der Waals surface area contributed by atoms with Crippen LogP contribution in [0.3, 0.4) is 0 Å². The molecule has 0 saturated carbocycles. The highest BCUT2D eigenvalue weighted by Gasteiger charge is 2.32. The van der Waals surface area contributed by atoms with Crippen LogP contribution in [0, 0.1) is 12.7 Å². The van der Waals surface area contributed by atoms with Gasteiger partial charge in [-0.2, -0.15) is 18.3 Å². The molecule has 0 spiro atoms. The number of hydrogen-bond donors (Lipinski definition) is 1. The largest absolute Gasteiger partial charge is 0.416 e. The number of nitrogens with one attached hydrogen (secondary N) is 1. The number of benzene rings is 2. The molecule has 0 radical (unpaired) electrons. The number of hydrogen-bond acceptors (Lipinski definition) is 4. The zero-order chi connectivity index (χ0) is 19.8. The quantitative estimate of drug-likeness (QED) is 0.680. The molecule has 0 aliphatic heterocycles. The molecular formula is C16H12F4N4O2S. The van der Waals surface area contributed by atoms with Gasteiger partial charge in [-0.3, -0.25) is 4.72 Å². The second-order valence-electron chi connectivity index (χ2n) is 5.59. The van der Waals surface area contributed by atoms with E-state index in [0.29, 0.717) is 6.07 Å². The molecule has 1 heterocycles. The lowest BCUT2D eigenvalue weighted by Gasteiger charge is -2.16. The Morgan fingerprint density at radius 1 is 1.11 bits per heavy atom. The molecule has 11 heteroatoms. The maximum absolute atomic E-state index is 13.2. The average molecular weight is 400 g/mol. The van der Waals surface area contributed by atoms with E-state index >= 15 is 0 Å². The fourth-order valence-electron chi connectivity index (χ4n) is 2.44. The minimum Gasteiger partial charge on any atom is -0.277 e. The zero-order valence-corrected chi connectivity index (χ0v) is 14.5. The van der Waals surface area contributed by atoms with Gasteiger partial charge in [0.1, 0.15) is 18.5 Å². The van der Waals surface area contributed by atoms with Crippen LogP contribution in [0.25, 0.3) is 5.69 Å². The molecule has 0 atom stereocenters. The first-order valence-corrected chi connectivity index (χ1v) is 8.91. The SMILES string of the molecule is Cc1cc(F)ccc1S(=O)(=O)Nc1cc(C(F)(F)F)ccc1-n1cncn1. The van der Waals surface area contributed by atoms with Crippen molar-refractivity contribution in [3.63, 3.8) is 0 Å². The number of anilines is 1. The highest BCUT2D eigenvalue weighted by atomic mass is 32.2. The molecule has 0 amide bonds. The molecule has 0 unspecified atom stereocenters. The number of aryl methyl sites for hydroxylation is 1. The number of aromatic nitrogens is 3. The molecule has 2 aromatic carbocycles. The Morgan fingerprint density at radius 3 is 2.44 bits per heavy atom. The summed E-state index contributed by atoms with van der Waals surface area (Å²) in [7, 11) is -4.28. The summed E-state index contributed by atoms with van der Waals surface area (Å²) in [5.41, 5.74) is -1.24. The first kappa shape index (κ1) is 18.8.